The number of Topliss-reactive ketones (excluding diaryl/α,β-unsaturated/α-hetero) is 1. The molecule has 9 heteroatoms. The molecule has 222 valence electrons. The first-order valence-corrected chi connectivity index (χ1v) is 15.6. The van der Waals surface area contributed by atoms with E-state index in [1.165, 1.54) is 16.2 Å². The molecule has 2 aliphatic rings. The average Bonchev–Trinajstić information content (AvgIpc) is 3.67. The third-order valence-corrected chi connectivity index (χ3v) is 8.71. The van der Waals surface area contributed by atoms with Crippen molar-refractivity contribution in [3.8, 4) is 17.2 Å². The topological polar surface area (TPSA) is 98.2 Å². The van der Waals surface area contributed by atoms with Gasteiger partial charge in [-0.25, -0.2) is 4.98 Å². The zero-order valence-electron chi connectivity index (χ0n) is 24.5. The van der Waals surface area contributed by atoms with E-state index >= 15 is 0 Å². The number of ketones is 1. The molecule has 1 saturated heterocycles. The first-order valence-electron chi connectivity index (χ1n) is 14.7. The highest BCUT2D eigenvalue weighted by atomic mass is 32.1. The van der Waals surface area contributed by atoms with Gasteiger partial charge in [0.15, 0.2) is 5.13 Å². The van der Waals surface area contributed by atoms with E-state index in [0.717, 1.165) is 35.3 Å². The monoisotopic (exact) mass is 598 g/mol. The molecule has 0 radical (unpaired) electrons. The van der Waals surface area contributed by atoms with Crippen LogP contribution >= 0.6 is 11.3 Å². The van der Waals surface area contributed by atoms with Crippen molar-refractivity contribution in [3.63, 3.8) is 0 Å². The number of carbonyl (C=O) groups is 2. The fourth-order valence-corrected chi connectivity index (χ4v) is 6.63. The van der Waals surface area contributed by atoms with Crippen LogP contribution in [0.25, 0.3) is 16.0 Å². The van der Waals surface area contributed by atoms with Crippen LogP contribution in [0.5, 0.6) is 17.2 Å². The minimum Gasteiger partial charge on any atom is -0.507 e. The molecule has 1 amide bonds. The van der Waals surface area contributed by atoms with Crippen LogP contribution in [0.15, 0.2) is 66.2 Å². The lowest BCUT2D eigenvalue weighted by atomic mass is 9.94. The van der Waals surface area contributed by atoms with Gasteiger partial charge in [0, 0.05) is 12.0 Å². The molecule has 1 fully saturated rings. The molecule has 0 aliphatic carbocycles. The molecule has 1 aromatic heterocycles. The van der Waals surface area contributed by atoms with Gasteiger partial charge in [-0.1, -0.05) is 43.2 Å². The van der Waals surface area contributed by atoms with Gasteiger partial charge >= 0.3 is 5.91 Å². The molecule has 2 aliphatic heterocycles. The second-order valence-electron chi connectivity index (χ2n) is 10.8. The van der Waals surface area contributed by atoms with Crippen LogP contribution < -0.4 is 19.1 Å². The molecule has 0 saturated carbocycles. The highest BCUT2D eigenvalue weighted by molar-refractivity contribution is 7.22. The molecule has 1 N–H and O–H groups in total. The Hall–Kier alpha value is -4.37. The van der Waals surface area contributed by atoms with E-state index in [0.29, 0.717) is 52.9 Å². The largest absolute Gasteiger partial charge is 0.507 e. The summed E-state index contributed by atoms with van der Waals surface area (Å²) in [4.78, 5) is 33.5. The van der Waals surface area contributed by atoms with Gasteiger partial charge in [0.1, 0.15) is 29.1 Å². The fraction of sp³-hybridized carbons (Fsp3) is 0.324. The second kappa shape index (κ2) is 12.1. The summed E-state index contributed by atoms with van der Waals surface area (Å²) in [6.07, 6.45) is 3.89. The summed E-state index contributed by atoms with van der Waals surface area (Å²) in [5.41, 5.74) is 2.77. The summed E-state index contributed by atoms with van der Waals surface area (Å²) in [6, 6.07) is 17.4. The van der Waals surface area contributed by atoms with Gasteiger partial charge in [-0.15, -0.1) is 0 Å². The van der Waals surface area contributed by atoms with E-state index in [1.807, 2.05) is 62.4 Å². The minimum absolute atomic E-state index is 0.0165. The molecule has 3 aromatic carbocycles. The highest BCUT2D eigenvalue weighted by Crippen LogP contribution is 2.45. The number of rotatable bonds is 10. The third kappa shape index (κ3) is 5.57. The maximum absolute atomic E-state index is 13.7. The summed E-state index contributed by atoms with van der Waals surface area (Å²) >= 11 is 1.30. The molecule has 3 heterocycles. The predicted octanol–water partition coefficient (Wildman–Crippen LogP) is 7.21. The van der Waals surface area contributed by atoms with Crippen LogP contribution in [-0.4, -0.2) is 41.1 Å². The van der Waals surface area contributed by atoms with Gasteiger partial charge in [-0.3, -0.25) is 14.5 Å². The van der Waals surface area contributed by atoms with Crippen molar-refractivity contribution in [2.24, 2.45) is 0 Å². The maximum Gasteiger partial charge on any atom is 0.301 e. The molecule has 8 nitrogen and oxygen atoms in total. The first kappa shape index (κ1) is 28.7. The lowest BCUT2D eigenvalue weighted by molar-refractivity contribution is -0.132. The number of fused-ring (bicyclic) bond motifs is 2. The Balaban J connectivity index is 1.43. The molecule has 0 bridgehead atoms. The van der Waals surface area contributed by atoms with E-state index in [2.05, 4.69) is 6.92 Å². The van der Waals surface area contributed by atoms with E-state index in [4.69, 9.17) is 19.2 Å². The SMILES string of the molecule is CCCCCOc1ccc(C2/C(=C(\O)c3ccc4c(c3)CC(C)O4)C(=O)C(=O)N2c2nc3ccc(OCC)cc3s2)cc1. The molecule has 6 rings (SSSR count). The van der Waals surface area contributed by atoms with Crippen molar-refractivity contribution in [2.75, 3.05) is 18.1 Å². The van der Waals surface area contributed by atoms with Crippen molar-refractivity contribution in [2.45, 2.75) is 58.6 Å². The van der Waals surface area contributed by atoms with Gasteiger partial charge in [-0.2, -0.15) is 0 Å². The smallest absolute Gasteiger partial charge is 0.301 e. The number of hydrogen-bond donors (Lipinski definition) is 1. The number of aliphatic hydroxyl groups excluding tert-OH is 1. The fourth-order valence-electron chi connectivity index (χ4n) is 5.61. The van der Waals surface area contributed by atoms with E-state index in [9.17, 15) is 14.7 Å². The molecule has 43 heavy (non-hydrogen) atoms. The number of carbonyl (C=O) groups excluding carboxylic acids is 2. The Kier molecular flexibility index (Phi) is 8.08. The third-order valence-electron chi connectivity index (χ3n) is 7.69. The number of aliphatic hydroxyl groups is 1. The number of ether oxygens (including phenoxy) is 3. The Morgan fingerprint density at radius 2 is 1.81 bits per heavy atom. The molecule has 2 atom stereocenters. The van der Waals surface area contributed by atoms with Crippen LogP contribution in [0.1, 0.15) is 62.8 Å². The van der Waals surface area contributed by atoms with Gasteiger partial charge in [0.25, 0.3) is 5.78 Å². The number of aromatic nitrogens is 1. The van der Waals surface area contributed by atoms with Gasteiger partial charge in [0.05, 0.1) is 35.0 Å². The number of thiazole rings is 1. The Bertz CT molecular complexity index is 1710. The van der Waals surface area contributed by atoms with Crippen molar-refractivity contribution >= 4 is 44.1 Å². The minimum atomic E-state index is -0.885. The summed E-state index contributed by atoms with van der Waals surface area (Å²) in [5, 5.41) is 12.0. The molecule has 4 aromatic rings. The molecular weight excluding hydrogens is 564 g/mol. The summed E-state index contributed by atoms with van der Waals surface area (Å²) in [7, 11) is 0. The standard InChI is InChI=1S/C34H34N2O6S/c1-4-6-7-16-41-24-11-8-21(9-12-24)30-29(31(37)22-10-15-27-23(18-22)17-20(3)42-27)32(38)33(39)36(30)34-35-26-14-13-25(40-5-2)19-28(26)43-34/h8-15,18-20,30,37H,4-7,16-17H2,1-3H3/b31-29+. The van der Waals surface area contributed by atoms with Crippen molar-refractivity contribution in [1.82, 2.24) is 4.98 Å². The van der Waals surface area contributed by atoms with Gasteiger partial charge in [0.2, 0.25) is 0 Å². The predicted molar refractivity (Wildman–Crippen MR) is 167 cm³/mol. The number of hydrogen-bond acceptors (Lipinski definition) is 8. The number of nitrogens with zero attached hydrogens (tertiary/aromatic N) is 2. The average molecular weight is 599 g/mol. The lowest BCUT2D eigenvalue weighted by Gasteiger charge is -2.23. The van der Waals surface area contributed by atoms with Crippen molar-refractivity contribution in [3.05, 3.63) is 82.9 Å². The van der Waals surface area contributed by atoms with Crippen molar-refractivity contribution in [1.29, 1.82) is 0 Å². The lowest BCUT2D eigenvalue weighted by Crippen LogP contribution is -2.29. The van der Waals surface area contributed by atoms with Crippen molar-refractivity contribution < 1.29 is 28.9 Å². The van der Waals surface area contributed by atoms with Crippen LogP contribution in [-0.2, 0) is 16.0 Å². The summed E-state index contributed by atoms with van der Waals surface area (Å²) in [6.45, 7) is 7.18. The normalized spacial score (nSPS) is 19.1. The van der Waals surface area contributed by atoms with E-state index in [-0.39, 0.29) is 17.4 Å². The first-order chi connectivity index (χ1) is 20.9. The zero-order chi connectivity index (χ0) is 30.1. The number of unbranched alkanes of at least 4 members (excludes halogenated alkanes) is 2. The molecule has 2 unspecified atom stereocenters. The molecule has 0 spiro atoms. The van der Waals surface area contributed by atoms with Crippen LogP contribution in [0, 0.1) is 0 Å². The zero-order valence-corrected chi connectivity index (χ0v) is 25.3. The summed E-state index contributed by atoms with van der Waals surface area (Å²) in [5.74, 6) is 0.431. The Labute approximate surface area is 254 Å². The van der Waals surface area contributed by atoms with E-state index < -0.39 is 17.7 Å². The Morgan fingerprint density at radius 3 is 2.58 bits per heavy atom. The highest BCUT2D eigenvalue weighted by Gasteiger charge is 2.48. The van der Waals surface area contributed by atoms with Crippen LogP contribution in [0.3, 0.4) is 0 Å². The Morgan fingerprint density at radius 1 is 1.02 bits per heavy atom. The number of anilines is 1. The molecular formula is C34H34N2O6S. The number of benzene rings is 3. The summed E-state index contributed by atoms with van der Waals surface area (Å²) < 4.78 is 18.2. The van der Waals surface area contributed by atoms with Gasteiger partial charge < -0.3 is 19.3 Å². The van der Waals surface area contributed by atoms with Crippen LogP contribution in [0.2, 0.25) is 0 Å². The van der Waals surface area contributed by atoms with E-state index in [1.54, 1.807) is 12.1 Å². The quantitative estimate of drug-likeness (QED) is 0.0891. The number of amides is 1. The second-order valence-corrected chi connectivity index (χ2v) is 11.8. The maximum atomic E-state index is 13.7. The van der Waals surface area contributed by atoms with Crippen LogP contribution in [0.4, 0.5) is 5.13 Å². The van der Waals surface area contributed by atoms with Gasteiger partial charge in [-0.05, 0) is 79.9 Å².